The van der Waals surface area contributed by atoms with Crippen molar-refractivity contribution in [1.82, 2.24) is 0 Å². The van der Waals surface area contributed by atoms with Crippen molar-refractivity contribution in [1.29, 1.82) is 0 Å². The predicted molar refractivity (Wildman–Crippen MR) is 57.6 cm³/mol. The van der Waals surface area contributed by atoms with E-state index in [4.69, 9.17) is 9.52 Å². The summed E-state index contributed by atoms with van der Waals surface area (Å²) in [5.41, 5.74) is -0.641. The van der Waals surface area contributed by atoms with Crippen LogP contribution in [0.15, 0.2) is 33.7 Å². The Morgan fingerprint density at radius 2 is 2.06 bits per heavy atom. The van der Waals surface area contributed by atoms with Crippen molar-refractivity contribution in [3.63, 3.8) is 0 Å². The molecule has 1 heterocycles. The van der Waals surface area contributed by atoms with Crippen molar-refractivity contribution in [2.75, 3.05) is 7.11 Å². The summed E-state index contributed by atoms with van der Waals surface area (Å²) < 4.78 is 13.7. The van der Waals surface area contributed by atoms with Crippen LogP contribution in [0.3, 0.4) is 0 Å². The van der Waals surface area contributed by atoms with E-state index in [9.17, 15) is 14.4 Å². The molecule has 1 rings (SSSR count). The summed E-state index contributed by atoms with van der Waals surface area (Å²) in [6, 6.07) is 0.993. The maximum atomic E-state index is 11.1. The van der Waals surface area contributed by atoms with Gasteiger partial charge in [-0.2, -0.15) is 0 Å². The summed E-state index contributed by atoms with van der Waals surface area (Å²) in [5, 5.41) is 8.92. The first-order valence-electron chi connectivity index (χ1n) is 4.76. The number of carbonyl (C=O) groups is 2. The topological polar surface area (TPSA) is 103 Å². The van der Waals surface area contributed by atoms with Gasteiger partial charge in [-0.05, 0) is 0 Å². The summed E-state index contributed by atoms with van der Waals surface area (Å²) in [5.74, 6) is -1.95. The number of rotatable bonds is 4. The molecule has 0 atom stereocenters. The molecule has 0 aromatic carbocycles. The molecule has 0 spiro atoms. The minimum absolute atomic E-state index is 0.0672. The number of carbonyl (C=O) groups excluding carboxylic acids is 2. The second kappa shape index (κ2) is 6.24. The monoisotopic (exact) mass is 254 g/mol. The fourth-order valence-electron chi connectivity index (χ4n) is 0.914. The lowest BCUT2D eigenvalue weighted by atomic mass is 10.4. The Morgan fingerprint density at radius 1 is 1.39 bits per heavy atom. The zero-order valence-corrected chi connectivity index (χ0v) is 9.41. The lowest BCUT2D eigenvalue weighted by Gasteiger charge is -2.00. The van der Waals surface area contributed by atoms with Gasteiger partial charge in [-0.25, -0.2) is 9.59 Å². The highest BCUT2D eigenvalue weighted by atomic mass is 16.5. The molecule has 0 fully saturated rings. The number of ether oxygens (including phenoxy) is 2. The zero-order chi connectivity index (χ0) is 13.5. The van der Waals surface area contributed by atoms with E-state index in [-0.39, 0.29) is 12.4 Å². The van der Waals surface area contributed by atoms with Crippen LogP contribution < -0.4 is 5.43 Å². The third-order valence-electron chi connectivity index (χ3n) is 1.78. The molecular formula is C11H10O7. The molecule has 0 radical (unpaired) electrons. The third kappa shape index (κ3) is 4.12. The number of esters is 2. The zero-order valence-electron chi connectivity index (χ0n) is 9.41. The van der Waals surface area contributed by atoms with E-state index in [0.717, 1.165) is 24.5 Å². The van der Waals surface area contributed by atoms with Crippen molar-refractivity contribution >= 4 is 11.9 Å². The number of hydrogen-bond acceptors (Lipinski definition) is 7. The predicted octanol–water partition coefficient (Wildman–Crippen LogP) is 0.118. The highest BCUT2D eigenvalue weighted by molar-refractivity contribution is 5.91. The van der Waals surface area contributed by atoms with Crippen molar-refractivity contribution in [2.45, 2.75) is 6.61 Å². The van der Waals surface area contributed by atoms with Crippen molar-refractivity contribution in [2.24, 2.45) is 0 Å². The Balaban J connectivity index is 2.52. The molecular weight excluding hydrogens is 244 g/mol. The van der Waals surface area contributed by atoms with Crippen LogP contribution in [-0.4, -0.2) is 24.2 Å². The second-order valence-electron chi connectivity index (χ2n) is 3.06. The summed E-state index contributed by atoms with van der Waals surface area (Å²) >= 11 is 0. The van der Waals surface area contributed by atoms with Gasteiger partial charge in [0, 0.05) is 18.2 Å². The summed E-state index contributed by atoms with van der Waals surface area (Å²) in [6.45, 7) is -0.292. The van der Waals surface area contributed by atoms with Gasteiger partial charge in [0.2, 0.25) is 5.43 Å². The van der Waals surface area contributed by atoms with Gasteiger partial charge in [0.05, 0.1) is 7.11 Å². The van der Waals surface area contributed by atoms with Gasteiger partial charge in [0.25, 0.3) is 0 Å². The van der Waals surface area contributed by atoms with E-state index in [1.165, 1.54) is 7.11 Å². The minimum atomic E-state index is -0.795. The maximum Gasteiger partial charge on any atom is 0.331 e. The van der Waals surface area contributed by atoms with Gasteiger partial charge in [0.1, 0.15) is 18.6 Å². The molecule has 96 valence electrons. The Bertz CT molecular complexity index is 526. The summed E-state index contributed by atoms with van der Waals surface area (Å²) in [4.78, 5) is 32.8. The highest BCUT2D eigenvalue weighted by Gasteiger charge is 2.05. The SMILES string of the molecule is COC(=O)/C=C/C(=O)OCc1cc(=O)c(O)co1. The van der Waals surface area contributed by atoms with Crippen LogP contribution in [0.2, 0.25) is 0 Å². The normalized spacial score (nSPS) is 10.3. The van der Waals surface area contributed by atoms with E-state index in [2.05, 4.69) is 9.47 Å². The Morgan fingerprint density at radius 3 is 2.67 bits per heavy atom. The molecule has 1 aromatic heterocycles. The van der Waals surface area contributed by atoms with Crippen molar-refractivity contribution in [3.05, 3.63) is 40.5 Å². The first-order valence-corrected chi connectivity index (χ1v) is 4.76. The number of hydrogen-bond donors (Lipinski definition) is 1. The fraction of sp³-hybridized carbons (Fsp3) is 0.182. The summed E-state index contributed by atoms with van der Waals surface area (Å²) in [6.07, 6.45) is 2.62. The van der Waals surface area contributed by atoms with E-state index >= 15 is 0 Å². The van der Waals surface area contributed by atoms with E-state index in [1.54, 1.807) is 0 Å². The standard InChI is InChI=1S/C11H10O7/c1-16-10(14)2-3-11(15)18-5-7-4-8(12)9(13)6-17-7/h2-4,6,13H,5H2,1H3/b3-2+. The van der Waals surface area contributed by atoms with Gasteiger partial charge in [0.15, 0.2) is 5.75 Å². The van der Waals surface area contributed by atoms with E-state index < -0.39 is 23.1 Å². The average Bonchev–Trinajstić information content (AvgIpc) is 2.37. The van der Waals surface area contributed by atoms with Crippen LogP contribution in [0.4, 0.5) is 0 Å². The maximum absolute atomic E-state index is 11.1. The van der Waals surface area contributed by atoms with Crippen LogP contribution in [0.5, 0.6) is 5.75 Å². The molecule has 1 aromatic rings. The van der Waals surface area contributed by atoms with E-state index in [1.807, 2.05) is 0 Å². The van der Waals surface area contributed by atoms with Crippen molar-refractivity contribution < 1.29 is 28.6 Å². The third-order valence-corrected chi connectivity index (χ3v) is 1.78. The van der Waals surface area contributed by atoms with Gasteiger partial charge in [-0.3, -0.25) is 4.79 Å². The Kier molecular flexibility index (Phi) is 4.67. The first kappa shape index (κ1) is 13.5. The smallest absolute Gasteiger partial charge is 0.331 e. The fourth-order valence-corrected chi connectivity index (χ4v) is 0.914. The van der Waals surface area contributed by atoms with Gasteiger partial charge in [-0.15, -0.1) is 0 Å². The molecule has 0 aliphatic rings. The molecule has 0 amide bonds. The molecule has 0 aliphatic heterocycles. The molecule has 0 saturated heterocycles. The van der Waals surface area contributed by atoms with Crippen LogP contribution in [0.1, 0.15) is 5.76 Å². The summed E-state index contributed by atoms with van der Waals surface area (Å²) in [7, 11) is 1.17. The minimum Gasteiger partial charge on any atom is -0.502 e. The molecule has 18 heavy (non-hydrogen) atoms. The first-order chi connectivity index (χ1) is 8.52. The lowest BCUT2D eigenvalue weighted by Crippen LogP contribution is -2.05. The molecule has 7 nitrogen and oxygen atoms in total. The largest absolute Gasteiger partial charge is 0.502 e. The van der Waals surface area contributed by atoms with Gasteiger partial charge < -0.3 is 19.0 Å². The van der Waals surface area contributed by atoms with Gasteiger partial charge in [-0.1, -0.05) is 0 Å². The quantitative estimate of drug-likeness (QED) is 0.601. The number of aromatic hydroxyl groups is 1. The highest BCUT2D eigenvalue weighted by Crippen LogP contribution is 2.04. The lowest BCUT2D eigenvalue weighted by molar-refractivity contribution is -0.140. The molecule has 0 aliphatic carbocycles. The molecule has 0 saturated carbocycles. The molecule has 0 unspecified atom stereocenters. The van der Waals surface area contributed by atoms with Crippen molar-refractivity contribution in [3.8, 4) is 5.75 Å². The average molecular weight is 254 g/mol. The Hall–Kier alpha value is -2.57. The number of methoxy groups -OCH3 is 1. The van der Waals surface area contributed by atoms with Crippen LogP contribution >= 0.6 is 0 Å². The second-order valence-corrected chi connectivity index (χ2v) is 3.06. The van der Waals surface area contributed by atoms with E-state index in [0.29, 0.717) is 0 Å². The molecule has 7 heteroatoms. The molecule has 0 bridgehead atoms. The van der Waals surface area contributed by atoms with Gasteiger partial charge >= 0.3 is 11.9 Å². The van der Waals surface area contributed by atoms with Crippen LogP contribution in [-0.2, 0) is 25.7 Å². The van der Waals surface area contributed by atoms with Crippen LogP contribution in [0.25, 0.3) is 0 Å². The molecule has 1 N–H and O–H groups in total. The van der Waals surface area contributed by atoms with Crippen LogP contribution in [0, 0.1) is 0 Å². The Labute approximate surface area is 101 Å².